The van der Waals surface area contributed by atoms with E-state index in [0.717, 1.165) is 24.9 Å². The van der Waals surface area contributed by atoms with Gasteiger partial charge in [-0.25, -0.2) is 4.79 Å². The maximum absolute atomic E-state index is 11.4. The number of aryl methyl sites for hydroxylation is 1. The van der Waals surface area contributed by atoms with Crippen molar-refractivity contribution in [1.82, 2.24) is 9.78 Å². The number of hydrogen-bond donors (Lipinski definition) is 0. The fourth-order valence-electron chi connectivity index (χ4n) is 1.93. The standard InChI is InChI=1S/C10H14N2O2.C2H6/c1-7-8-5-3-4-6-12(8)11-9(7)10(13)14-2;1-2/h3-6H2,1-2H3;1-2H3. The SMILES string of the molecule is CC.COC(=O)c1nn2c(c1C)CCCC2. The summed E-state index contributed by atoms with van der Waals surface area (Å²) in [5.41, 5.74) is 2.65. The van der Waals surface area contributed by atoms with E-state index in [0.29, 0.717) is 5.69 Å². The Morgan fingerprint density at radius 1 is 1.38 bits per heavy atom. The van der Waals surface area contributed by atoms with E-state index in [9.17, 15) is 4.79 Å². The van der Waals surface area contributed by atoms with Gasteiger partial charge < -0.3 is 4.74 Å². The first-order chi connectivity index (χ1) is 7.74. The van der Waals surface area contributed by atoms with Crippen LogP contribution in [0.4, 0.5) is 0 Å². The van der Waals surface area contributed by atoms with Crippen LogP contribution >= 0.6 is 0 Å². The van der Waals surface area contributed by atoms with Gasteiger partial charge in [-0.1, -0.05) is 13.8 Å². The highest BCUT2D eigenvalue weighted by atomic mass is 16.5. The third kappa shape index (κ3) is 2.26. The van der Waals surface area contributed by atoms with Crippen molar-refractivity contribution in [2.45, 2.75) is 46.6 Å². The minimum Gasteiger partial charge on any atom is -0.464 e. The van der Waals surface area contributed by atoms with Crippen LogP contribution in [-0.2, 0) is 17.7 Å². The van der Waals surface area contributed by atoms with E-state index in [1.54, 1.807) is 0 Å². The molecule has 0 aromatic carbocycles. The van der Waals surface area contributed by atoms with Crippen molar-refractivity contribution >= 4 is 5.97 Å². The lowest BCUT2D eigenvalue weighted by atomic mass is 10.1. The van der Waals surface area contributed by atoms with Crippen LogP contribution in [0.25, 0.3) is 0 Å². The van der Waals surface area contributed by atoms with Crippen LogP contribution in [0, 0.1) is 6.92 Å². The molecule has 2 heterocycles. The second-order valence-electron chi connectivity index (χ2n) is 3.59. The molecule has 0 atom stereocenters. The fraction of sp³-hybridized carbons (Fsp3) is 0.667. The lowest BCUT2D eigenvalue weighted by molar-refractivity contribution is 0.0592. The van der Waals surface area contributed by atoms with Gasteiger partial charge in [-0.15, -0.1) is 0 Å². The molecule has 16 heavy (non-hydrogen) atoms. The third-order valence-corrected chi connectivity index (χ3v) is 2.73. The first kappa shape index (κ1) is 12.7. The second-order valence-corrected chi connectivity index (χ2v) is 3.59. The lowest BCUT2D eigenvalue weighted by Gasteiger charge is -2.13. The van der Waals surface area contributed by atoms with Crippen molar-refractivity contribution in [2.75, 3.05) is 7.11 Å². The van der Waals surface area contributed by atoms with E-state index in [-0.39, 0.29) is 5.97 Å². The highest BCUT2D eigenvalue weighted by Gasteiger charge is 2.21. The van der Waals surface area contributed by atoms with Crippen LogP contribution < -0.4 is 0 Å². The summed E-state index contributed by atoms with van der Waals surface area (Å²) in [5.74, 6) is -0.329. The number of carbonyl (C=O) groups is 1. The number of methoxy groups -OCH3 is 1. The highest BCUT2D eigenvalue weighted by Crippen LogP contribution is 2.20. The molecule has 0 unspecified atom stereocenters. The number of carbonyl (C=O) groups excluding carboxylic acids is 1. The molecule has 90 valence electrons. The topological polar surface area (TPSA) is 44.1 Å². The predicted molar refractivity (Wildman–Crippen MR) is 62.6 cm³/mol. The monoisotopic (exact) mass is 224 g/mol. The van der Waals surface area contributed by atoms with Gasteiger partial charge in [-0.2, -0.15) is 5.10 Å². The Balaban J connectivity index is 0.000000606. The molecule has 0 aliphatic carbocycles. The minimum absolute atomic E-state index is 0.329. The van der Waals surface area contributed by atoms with Crippen molar-refractivity contribution in [3.8, 4) is 0 Å². The maximum Gasteiger partial charge on any atom is 0.358 e. The molecule has 0 N–H and O–H groups in total. The van der Waals surface area contributed by atoms with Crippen LogP contribution in [-0.4, -0.2) is 22.9 Å². The number of aromatic nitrogens is 2. The Kier molecular flexibility index (Phi) is 4.52. The van der Waals surface area contributed by atoms with E-state index >= 15 is 0 Å². The molecular formula is C12H20N2O2. The van der Waals surface area contributed by atoms with Crippen LogP contribution in [0.2, 0.25) is 0 Å². The average Bonchev–Trinajstić information content (AvgIpc) is 2.69. The number of nitrogens with zero attached hydrogens (tertiary/aromatic N) is 2. The molecule has 0 amide bonds. The average molecular weight is 224 g/mol. The largest absolute Gasteiger partial charge is 0.464 e. The molecule has 4 heteroatoms. The summed E-state index contributed by atoms with van der Waals surface area (Å²) in [4.78, 5) is 11.4. The van der Waals surface area contributed by atoms with Crippen molar-refractivity contribution in [3.05, 3.63) is 17.0 Å². The van der Waals surface area contributed by atoms with Crippen molar-refractivity contribution in [3.63, 3.8) is 0 Å². The quantitative estimate of drug-likeness (QED) is 0.688. The zero-order chi connectivity index (χ0) is 12.1. The van der Waals surface area contributed by atoms with Gasteiger partial charge in [-0.05, 0) is 26.2 Å². The summed E-state index contributed by atoms with van der Waals surface area (Å²) in [5, 5.41) is 4.26. The molecule has 0 spiro atoms. The van der Waals surface area contributed by atoms with Gasteiger partial charge in [0, 0.05) is 17.8 Å². The number of ether oxygens (including phenoxy) is 1. The van der Waals surface area contributed by atoms with Crippen molar-refractivity contribution in [2.24, 2.45) is 0 Å². The molecule has 0 fully saturated rings. The molecule has 1 aliphatic heterocycles. The molecule has 1 aromatic heterocycles. The smallest absolute Gasteiger partial charge is 0.358 e. The van der Waals surface area contributed by atoms with E-state index in [2.05, 4.69) is 9.84 Å². The van der Waals surface area contributed by atoms with Crippen LogP contribution in [0.1, 0.15) is 48.4 Å². The Hall–Kier alpha value is -1.32. The van der Waals surface area contributed by atoms with E-state index in [1.807, 2.05) is 25.5 Å². The first-order valence-corrected chi connectivity index (χ1v) is 5.88. The van der Waals surface area contributed by atoms with Gasteiger partial charge in [0.15, 0.2) is 5.69 Å². The Morgan fingerprint density at radius 3 is 2.62 bits per heavy atom. The fourth-order valence-corrected chi connectivity index (χ4v) is 1.93. The molecule has 0 radical (unpaired) electrons. The normalized spacial score (nSPS) is 13.5. The molecule has 0 saturated heterocycles. The molecule has 0 saturated carbocycles. The number of hydrogen-bond acceptors (Lipinski definition) is 3. The van der Waals surface area contributed by atoms with E-state index in [1.165, 1.54) is 19.2 Å². The Labute approximate surface area is 96.6 Å². The summed E-state index contributed by atoms with van der Waals surface area (Å²) in [6.45, 7) is 6.86. The minimum atomic E-state index is -0.329. The molecule has 2 rings (SSSR count). The lowest BCUT2D eigenvalue weighted by Crippen LogP contribution is -2.11. The maximum atomic E-state index is 11.4. The summed E-state index contributed by atoms with van der Waals surface area (Å²) < 4.78 is 6.62. The Morgan fingerprint density at radius 2 is 2.06 bits per heavy atom. The van der Waals surface area contributed by atoms with Crippen molar-refractivity contribution in [1.29, 1.82) is 0 Å². The van der Waals surface area contributed by atoms with E-state index in [4.69, 9.17) is 0 Å². The van der Waals surface area contributed by atoms with Gasteiger partial charge in [0.1, 0.15) is 0 Å². The summed E-state index contributed by atoms with van der Waals surface area (Å²) in [7, 11) is 1.39. The summed E-state index contributed by atoms with van der Waals surface area (Å²) >= 11 is 0. The van der Waals surface area contributed by atoms with Gasteiger partial charge >= 0.3 is 5.97 Å². The zero-order valence-corrected chi connectivity index (χ0v) is 10.5. The zero-order valence-electron chi connectivity index (χ0n) is 10.5. The predicted octanol–water partition coefficient (Wildman–Crippen LogP) is 2.34. The van der Waals surface area contributed by atoms with Crippen LogP contribution in [0.5, 0.6) is 0 Å². The molecule has 0 bridgehead atoms. The number of fused-ring (bicyclic) bond motifs is 1. The van der Waals surface area contributed by atoms with E-state index < -0.39 is 0 Å². The second kappa shape index (κ2) is 5.68. The van der Waals surface area contributed by atoms with Crippen LogP contribution in [0.15, 0.2) is 0 Å². The van der Waals surface area contributed by atoms with Gasteiger partial charge in [0.05, 0.1) is 7.11 Å². The van der Waals surface area contributed by atoms with Crippen LogP contribution in [0.3, 0.4) is 0 Å². The van der Waals surface area contributed by atoms with Gasteiger partial charge in [-0.3, -0.25) is 4.68 Å². The first-order valence-electron chi connectivity index (χ1n) is 5.88. The highest BCUT2D eigenvalue weighted by molar-refractivity contribution is 5.89. The third-order valence-electron chi connectivity index (χ3n) is 2.73. The number of esters is 1. The summed E-state index contributed by atoms with van der Waals surface area (Å²) in [6.07, 6.45) is 3.36. The molecular weight excluding hydrogens is 204 g/mol. The van der Waals surface area contributed by atoms with Crippen molar-refractivity contribution < 1.29 is 9.53 Å². The molecule has 1 aliphatic rings. The Bertz CT molecular complexity index is 369. The molecule has 4 nitrogen and oxygen atoms in total. The summed E-state index contributed by atoms with van der Waals surface area (Å²) in [6, 6.07) is 0. The van der Waals surface area contributed by atoms with Gasteiger partial charge in [0.2, 0.25) is 0 Å². The van der Waals surface area contributed by atoms with Gasteiger partial charge in [0.25, 0.3) is 0 Å². The number of rotatable bonds is 1. The molecule has 1 aromatic rings.